The van der Waals surface area contributed by atoms with E-state index in [2.05, 4.69) is 71.7 Å². The van der Waals surface area contributed by atoms with E-state index in [-0.39, 0.29) is 0 Å². The van der Waals surface area contributed by atoms with Gasteiger partial charge < -0.3 is 10.4 Å². The summed E-state index contributed by atoms with van der Waals surface area (Å²) < 4.78 is 0. The van der Waals surface area contributed by atoms with Crippen LogP contribution >= 0.6 is 0 Å². The summed E-state index contributed by atoms with van der Waals surface area (Å²) in [5.41, 5.74) is 7.48. The zero-order chi connectivity index (χ0) is 22.1. The molecule has 2 aromatic carbocycles. The van der Waals surface area contributed by atoms with Crippen molar-refractivity contribution in [3.63, 3.8) is 0 Å². The number of fused-ring (bicyclic) bond motifs is 1. The third-order valence-corrected chi connectivity index (χ3v) is 7.05. The van der Waals surface area contributed by atoms with Crippen molar-refractivity contribution in [1.82, 2.24) is 15.2 Å². The number of carbonyl (C=O) groups is 1. The molecule has 5 heteroatoms. The second kappa shape index (κ2) is 8.40. The van der Waals surface area contributed by atoms with Crippen LogP contribution < -0.4 is 5.32 Å². The molecule has 164 valence electrons. The van der Waals surface area contributed by atoms with Gasteiger partial charge in [0.25, 0.3) is 0 Å². The molecule has 0 saturated heterocycles. The lowest BCUT2D eigenvalue weighted by Crippen LogP contribution is -2.50. The van der Waals surface area contributed by atoms with Crippen molar-refractivity contribution in [2.45, 2.75) is 44.7 Å². The molecule has 1 amide bonds. The van der Waals surface area contributed by atoms with Gasteiger partial charge in [0.1, 0.15) is 0 Å². The summed E-state index contributed by atoms with van der Waals surface area (Å²) >= 11 is 0. The van der Waals surface area contributed by atoms with E-state index in [1.165, 1.54) is 16.8 Å². The molecule has 5 rings (SSSR count). The maximum absolute atomic E-state index is 11.3. The molecule has 0 unspecified atom stereocenters. The highest BCUT2D eigenvalue weighted by Gasteiger charge is 2.40. The van der Waals surface area contributed by atoms with Crippen LogP contribution in [0.3, 0.4) is 0 Å². The van der Waals surface area contributed by atoms with E-state index in [1.807, 2.05) is 6.07 Å². The van der Waals surface area contributed by atoms with E-state index in [9.17, 15) is 9.90 Å². The van der Waals surface area contributed by atoms with Crippen molar-refractivity contribution in [2.75, 3.05) is 13.1 Å². The number of likely N-dealkylation sites (N-methyl/N-ethyl adjacent to an activating group) is 1. The van der Waals surface area contributed by atoms with E-state index in [1.54, 1.807) is 0 Å². The molecule has 2 heterocycles. The molecule has 1 aromatic heterocycles. The van der Waals surface area contributed by atoms with Gasteiger partial charge in [0, 0.05) is 36.3 Å². The summed E-state index contributed by atoms with van der Waals surface area (Å²) in [7, 11) is 0. The highest BCUT2D eigenvalue weighted by atomic mass is 16.4. The maximum atomic E-state index is 11.3. The van der Waals surface area contributed by atoms with Gasteiger partial charge in [0.15, 0.2) is 0 Å². The zero-order valence-electron chi connectivity index (χ0n) is 18.5. The predicted molar refractivity (Wildman–Crippen MR) is 126 cm³/mol. The molecule has 3 aromatic rings. The molecular formula is C27H29N3O2. The van der Waals surface area contributed by atoms with Crippen LogP contribution in [0.2, 0.25) is 0 Å². The maximum Gasteiger partial charge on any atom is 0.405 e. The Morgan fingerprint density at radius 2 is 1.84 bits per heavy atom. The second-order valence-electron chi connectivity index (χ2n) is 8.92. The van der Waals surface area contributed by atoms with Gasteiger partial charge in [-0.05, 0) is 48.6 Å². The van der Waals surface area contributed by atoms with Gasteiger partial charge in [-0.15, -0.1) is 0 Å². The van der Waals surface area contributed by atoms with Crippen LogP contribution in [0.4, 0.5) is 4.79 Å². The van der Waals surface area contributed by atoms with Crippen LogP contribution in [0.1, 0.15) is 43.0 Å². The largest absolute Gasteiger partial charge is 0.465 e. The molecule has 0 bridgehead atoms. The lowest BCUT2D eigenvalue weighted by atomic mass is 9.71. The molecule has 2 aliphatic rings. The first-order chi connectivity index (χ1) is 15.6. The third-order valence-electron chi connectivity index (χ3n) is 7.05. The van der Waals surface area contributed by atoms with Crippen molar-refractivity contribution in [2.24, 2.45) is 0 Å². The lowest BCUT2D eigenvalue weighted by Gasteiger charge is -2.42. The Morgan fingerprint density at radius 3 is 2.47 bits per heavy atom. The number of hydrogen-bond acceptors (Lipinski definition) is 3. The third kappa shape index (κ3) is 3.78. The van der Waals surface area contributed by atoms with Gasteiger partial charge in [0.2, 0.25) is 0 Å². The van der Waals surface area contributed by atoms with Gasteiger partial charge in [-0.25, -0.2) is 4.79 Å². The fraction of sp³-hybridized carbons (Fsp3) is 0.333. The van der Waals surface area contributed by atoms with Crippen LogP contribution in [0.5, 0.6) is 0 Å². The van der Waals surface area contributed by atoms with Crippen molar-refractivity contribution in [3.05, 3.63) is 77.5 Å². The van der Waals surface area contributed by atoms with Crippen LogP contribution in [0, 0.1) is 0 Å². The Labute approximate surface area is 189 Å². The van der Waals surface area contributed by atoms with Gasteiger partial charge in [-0.2, -0.15) is 0 Å². The molecule has 1 saturated carbocycles. The molecule has 0 spiro atoms. The van der Waals surface area contributed by atoms with E-state index in [0.29, 0.717) is 0 Å². The van der Waals surface area contributed by atoms with Gasteiger partial charge in [0.05, 0.1) is 11.2 Å². The lowest BCUT2D eigenvalue weighted by molar-refractivity contribution is 0.144. The molecular weight excluding hydrogens is 398 g/mol. The summed E-state index contributed by atoms with van der Waals surface area (Å²) in [6.45, 7) is 5.25. The first-order valence-electron chi connectivity index (χ1n) is 11.5. The van der Waals surface area contributed by atoms with Gasteiger partial charge in [-0.1, -0.05) is 61.5 Å². The quantitative estimate of drug-likeness (QED) is 0.569. The highest BCUT2D eigenvalue weighted by Crippen LogP contribution is 2.42. The van der Waals surface area contributed by atoms with E-state index in [0.717, 1.165) is 67.7 Å². The number of benzene rings is 2. The predicted octanol–water partition coefficient (Wildman–Crippen LogP) is 5.44. The number of carboxylic acid groups (broad SMARTS) is 1. The number of amides is 1. The van der Waals surface area contributed by atoms with Crippen molar-refractivity contribution < 1.29 is 9.90 Å². The fourth-order valence-corrected chi connectivity index (χ4v) is 5.03. The molecule has 1 aliphatic heterocycles. The smallest absolute Gasteiger partial charge is 0.405 e. The van der Waals surface area contributed by atoms with Gasteiger partial charge in [-0.3, -0.25) is 9.88 Å². The molecule has 32 heavy (non-hydrogen) atoms. The molecule has 0 atom stereocenters. The first kappa shape index (κ1) is 20.7. The second-order valence-corrected chi connectivity index (χ2v) is 8.92. The van der Waals surface area contributed by atoms with Crippen LogP contribution in [0.15, 0.2) is 60.7 Å². The first-order valence-corrected chi connectivity index (χ1v) is 11.5. The topological polar surface area (TPSA) is 65.5 Å². The SMILES string of the molecule is CCN1CCc2nc(-c3ccc(C4(NC(=O)O)CCC4)cc3)c(-c3ccccc3)cc2C1. The van der Waals surface area contributed by atoms with Crippen LogP contribution in [-0.2, 0) is 18.5 Å². The molecule has 1 fully saturated rings. The van der Waals surface area contributed by atoms with Gasteiger partial charge >= 0.3 is 6.09 Å². The van der Waals surface area contributed by atoms with E-state index in [4.69, 9.17) is 4.98 Å². The number of aromatic nitrogens is 1. The summed E-state index contributed by atoms with van der Waals surface area (Å²) in [4.78, 5) is 19.0. The van der Waals surface area contributed by atoms with Crippen molar-refractivity contribution in [1.29, 1.82) is 0 Å². The fourth-order valence-electron chi connectivity index (χ4n) is 5.03. The summed E-state index contributed by atoms with van der Waals surface area (Å²) in [6.07, 6.45) is 2.74. The standard InChI is InChI=1S/C27H29N3O2/c1-2-30-16-13-24-21(18-30)17-23(19-7-4-3-5-8-19)25(28-24)20-9-11-22(12-10-20)27(14-6-15-27)29-26(31)32/h3-5,7-12,17,29H,2,6,13-16,18H2,1H3,(H,31,32). The average molecular weight is 428 g/mol. The highest BCUT2D eigenvalue weighted by molar-refractivity contribution is 5.81. The number of hydrogen-bond donors (Lipinski definition) is 2. The van der Waals surface area contributed by atoms with Crippen molar-refractivity contribution in [3.8, 4) is 22.4 Å². The number of rotatable bonds is 5. The Morgan fingerprint density at radius 1 is 1.09 bits per heavy atom. The van der Waals surface area contributed by atoms with Crippen LogP contribution in [0.25, 0.3) is 22.4 Å². The summed E-state index contributed by atoms with van der Waals surface area (Å²) in [5.74, 6) is 0. The van der Waals surface area contributed by atoms with Crippen LogP contribution in [-0.4, -0.2) is 34.2 Å². The van der Waals surface area contributed by atoms with E-state index < -0.39 is 11.6 Å². The minimum Gasteiger partial charge on any atom is -0.465 e. The minimum atomic E-state index is -0.961. The van der Waals surface area contributed by atoms with Crippen molar-refractivity contribution >= 4 is 6.09 Å². The number of pyridine rings is 1. The Hall–Kier alpha value is -3.18. The molecule has 5 nitrogen and oxygen atoms in total. The zero-order valence-corrected chi connectivity index (χ0v) is 18.5. The molecule has 1 aliphatic carbocycles. The average Bonchev–Trinajstić information content (AvgIpc) is 2.81. The number of nitrogens with zero attached hydrogens (tertiary/aromatic N) is 2. The monoisotopic (exact) mass is 427 g/mol. The Bertz CT molecular complexity index is 1120. The number of nitrogens with one attached hydrogen (secondary N) is 1. The molecule has 0 radical (unpaired) electrons. The minimum absolute atomic E-state index is 0.445. The van der Waals surface area contributed by atoms with E-state index >= 15 is 0 Å². The Kier molecular flexibility index (Phi) is 5.43. The normalized spacial score (nSPS) is 17.3. The molecule has 2 N–H and O–H groups in total. The Balaban J connectivity index is 1.56. The summed E-state index contributed by atoms with van der Waals surface area (Å²) in [6, 6.07) is 21.1. The summed E-state index contributed by atoms with van der Waals surface area (Å²) in [5, 5.41) is 12.0.